The van der Waals surface area contributed by atoms with Gasteiger partial charge in [-0.25, -0.2) is 23.8 Å². The zero-order valence-corrected chi connectivity index (χ0v) is 28.9. The zero-order valence-electron chi connectivity index (χ0n) is 28.9. The van der Waals surface area contributed by atoms with Crippen molar-refractivity contribution in [3.8, 4) is 5.75 Å². The number of benzene rings is 2. The van der Waals surface area contributed by atoms with E-state index in [1.54, 1.807) is 18.2 Å². The van der Waals surface area contributed by atoms with Gasteiger partial charge in [-0.3, -0.25) is 19.4 Å². The number of rotatable bonds is 10. The van der Waals surface area contributed by atoms with Crippen LogP contribution in [0.5, 0.6) is 5.75 Å². The Hall–Kier alpha value is -4.33. The molecule has 266 valence electrons. The predicted molar refractivity (Wildman–Crippen MR) is 190 cm³/mol. The molecule has 0 unspecified atom stereocenters. The van der Waals surface area contributed by atoms with Crippen molar-refractivity contribution < 1.29 is 23.1 Å². The van der Waals surface area contributed by atoms with E-state index in [0.717, 1.165) is 56.8 Å². The fourth-order valence-corrected chi connectivity index (χ4v) is 7.86. The number of piperazine rings is 1. The van der Waals surface area contributed by atoms with Crippen LogP contribution in [0, 0.1) is 11.6 Å². The number of halogens is 2. The number of carbonyl (C=O) groups is 1. The van der Waals surface area contributed by atoms with Gasteiger partial charge in [0.1, 0.15) is 29.5 Å². The van der Waals surface area contributed by atoms with Gasteiger partial charge in [-0.2, -0.15) is 0 Å². The molecular weight excluding hydrogens is 642 g/mol. The largest absolute Gasteiger partial charge is 0.494 e. The average molecular weight is 689 g/mol. The molecule has 50 heavy (non-hydrogen) atoms. The summed E-state index contributed by atoms with van der Waals surface area (Å²) >= 11 is 0. The number of methoxy groups -OCH3 is 1. The lowest BCUT2D eigenvalue weighted by molar-refractivity contribution is -0.111. The van der Waals surface area contributed by atoms with Crippen LogP contribution < -0.4 is 25.3 Å². The van der Waals surface area contributed by atoms with Crippen molar-refractivity contribution in [3.63, 3.8) is 0 Å². The zero-order chi connectivity index (χ0) is 34.9. The molecule has 0 spiro atoms. The van der Waals surface area contributed by atoms with Crippen LogP contribution in [0.1, 0.15) is 57.6 Å². The molecule has 3 atom stereocenters. The van der Waals surface area contributed by atoms with Gasteiger partial charge in [0, 0.05) is 75.0 Å². The van der Waals surface area contributed by atoms with Crippen LogP contribution in [0.25, 0.3) is 0 Å². The summed E-state index contributed by atoms with van der Waals surface area (Å²) in [6.07, 6.45) is 7.92. The topological polar surface area (TPSA) is 98.3 Å². The van der Waals surface area contributed by atoms with Gasteiger partial charge >= 0.3 is 0 Å². The summed E-state index contributed by atoms with van der Waals surface area (Å²) in [6, 6.07) is 10.9. The highest BCUT2D eigenvalue weighted by Crippen LogP contribution is 2.41. The first-order valence-electron chi connectivity index (χ1n) is 17.6. The van der Waals surface area contributed by atoms with Gasteiger partial charge < -0.3 is 20.3 Å². The first-order valence-corrected chi connectivity index (χ1v) is 17.6. The molecule has 13 heteroatoms. The fraction of sp³-hybridized carbons (Fsp3) is 0.486. The van der Waals surface area contributed by atoms with Crippen molar-refractivity contribution >= 4 is 34.6 Å². The molecule has 4 fully saturated rings. The van der Waals surface area contributed by atoms with E-state index < -0.39 is 17.7 Å². The summed E-state index contributed by atoms with van der Waals surface area (Å²) in [5.74, 6) is -0.184. The molecule has 3 saturated heterocycles. The molecule has 1 aromatic heterocycles. The van der Waals surface area contributed by atoms with Crippen LogP contribution in [0.4, 0.5) is 37.5 Å². The average Bonchev–Trinajstić information content (AvgIpc) is 3.83. The third-order valence-corrected chi connectivity index (χ3v) is 10.4. The maximum Gasteiger partial charge on any atom is 0.247 e. The van der Waals surface area contributed by atoms with Crippen LogP contribution in [-0.4, -0.2) is 89.7 Å². The van der Waals surface area contributed by atoms with Crippen LogP contribution in [0.3, 0.4) is 0 Å². The molecule has 1 aliphatic carbocycles. The highest BCUT2D eigenvalue weighted by molar-refractivity contribution is 6.02. The minimum Gasteiger partial charge on any atom is -0.494 e. The summed E-state index contributed by atoms with van der Waals surface area (Å²) < 4.78 is 33.9. The first kappa shape index (κ1) is 34.1. The summed E-state index contributed by atoms with van der Waals surface area (Å²) in [6.45, 7) is 12.7. The van der Waals surface area contributed by atoms with E-state index in [0.29, 0.717) is 65.5 Å². The summed E-state index contributed by atoms with van der Waals surface area (Å²) in [4.78, 5) is 35.0. The third-order valence-electron chi connectivity index (χ3n) is 10.4. The lowest BCUT2D eigenvalue weighted by Crippen LogP contribution is -2.61. The van der Waals surface area contributed by atoms with E-state index in [-0.39, 0.29) is 5.91 Å². The number of hydroxylamine groups is 1. The van der Waals surface area contributed by atoms with Gasteiger partial charge in [0.05, 0.1) is 36.8 Å². The van der Waals surface area contributed by atoms with Gasteiger partial charge in [0.25, 0.3) is 0 Å². The smallest absolute Gasteiger partial charge is 0.247 e. The van der Waals surface area contributed by atoms with Gasteiger partial charge in [0.15, 0.2) is 5.82 Å². The number of nitrogens with zero attached hydrogens (tertiary/aromatic N) is 6. The second-order valence-electron chi connectivity index (χ2n) is 13.9. The molecule has 11 nitrogen and oxygen atoms in total. The Morgan fingerprint density at radius 2 is 1.60 bits per heavy atom. The standard InChI is InChI=1S/C37H46F2N8O3/c1-5-37(48)43-30-17-31(42-35-19-36(41-22-40-35)47-32(10-13-50-47)25-14-26(38)16-27(39)15-25)34(49-4)18-33(30)44-11-8-29(9-12-44)46-21-23(2)45(20-24(46)3)28-6-7-28/h5,14-19,22-24,28-29,32H,1,6-13,20-21H2,2-4H3,(H,43,48)(H,40,41,42)/t23-,24-,32+/m0/s1. The Morgan fingerprint density at radius 1 is 0.920 bits per heavy atom. The van der Waals surface area contributed by atoms with Crippen molar-refractivity contribution in [2.45, 2.75) is 76.2 Å². The first-order chi connectivity index (χ1) is 24.2. The molecule has 0 bridgehead atoms. The van der Waals surface area contributed by atoms with Gasteiger partial charge in [-0.15, -0.1) is 0 Å². The van der Waals surface area contributed by atoms with E-state index >= 15 is 0 Å². The molecule has 1 amide bonds. The highest BCUT2D eigenvalue weighted by atomic mass is 19.1. The Morgan fingerprint density at radius 3 is 2.24 bits per heavy atom. The van der Waals surface area contributed by atoms with Crippen LogP contribution in [0.2, 0.25) is 0 Å². The van der Waals surface area contributed by atoms with Crippen molar-refractivity contribution in [2.75, 3.05) is 60.5 Å². The SMILES string of the molecule is C=CC(=O)Nc1cc(Nc2cc(N3OCC[C@@H]3c3cc(F)cc(F)c3)ncn2)c(OC)cc1N1CCC(N2C[C@H](C)N(C3CC3)C[C@@H]2C)CC1. The van der Waals surface area contributed by atoms with Crippen LogP contribution >= 0.6 is 0 Å². The molecule has 0 radical (unpaired) electrons. The van der Waals surface area contributed by atoms with Gasteiger partial charge in [-0.05, 0) is 69.4 Å². The van der Waals surface area contributed by atoms with Gasteiger partial charge in [0.2, 0.25) is 5.91 Å². The maximum absolute atomic E-state index is 14.0. The molecule has 4 heterocycles. The molecule has 3 aromatic rings. The van der Waals surface area contributed by atoms with E-state index in [1.165, 1.54) is 37.4 Å². The Balaban J connectivity index is 1.09. The molecule has 4 aliphatic rings. The predicted octanol–water partition coefficient (Wildman–Crippen LogP) is 6.04. The van der Waals surface area contributed by atoms with E-state index in [4.69, 9.17) is 9.57 Å². The monoisotopic (exact) mass is 688 g/mol. The quantitative estimate of drug-likeness (QED) is 0.246. The lowest BCUT2D eigenvalue weighted by Gasteiger charge is -2.49. The molecule has 7 rings (SSSR count). The minimum atomic E-state index is -0.650. The number of hydrogen-bond acceptors (Lipinski definition) is 10. The van der Waals surface area contributed by atoms with Gasteiger partial charge in [-0.1, -0.05) is 6.58 Å². The Kier molecular flexibility index (Phi) is 9.89. The van der Waals surface area contributed by atoms with Crippen LogP contribution in [-0.2, 0) is 9.63 Å². The van der Waals surface area contributed by atoms with Crippen molar-refractivity contribution in [1.29, 1.82) is 0 Å². The number of amides is 1. The molecule has 2 aromatic carbocycles. The third kappa shape index (κ3) is 7.26. The number of anilines is 5. The lowest BCUT2D eigenvalue weighted by atomic mass is 9.97. The van der Waals surface area contributed by atoms with E-state index in [9.17, 15) is 13.6 Å². The van der Waals surface area contributed by atoms with E-state index in [1.807, 2.05) is 12.1 Å². The highest BCUT2D eigenvalue weighted by Gasteiger charge is 2.40. The summed E-state index contributed by atoms with van der Waals surface area (Å²) in [7, 11) is 1.61. The molecule has 2 N–H and O–H groups in total. The maximum atomic E-state index is 14.0. The number of aromatic nitrogens is 2. The van der Waals surface area contributed by atoms with Crippen molar-refractivity contribution in [2.24, 2.45) is 0 Å². The normalized spacial score (nSPS) is 23.6. The Labute approximate surface area is 292 Å². The second kappa shape index (κ2) is 14.5. The summed E-state index contributed by atoms with van der Waals surface area (Å²) in [5, 5.41) is 7.86. The van der Waals surface area contributed by atoms with Crippen LogP contribution in [0.15, 0.2) is 55.4 Å². The number of hydrogen-bond donors (Lipinski definition) is 2. The number of piperidine rings is 1. The molecule has 1 saturated carbocycles. The molecular formula is C37H46F2N8O3. The van der Waals surface area contributed by atoms with E-state index in [2.05, 4.69) is 55.7 Å². The fourth-order valence-electron chi connectivity index (χ4n) is 7.86. The Bertz CT molecular complexity index is 1700. The number of ether oxygens (including phenoxy) is 1. The van der Waals surface area contributed by atoms with Crippen molar-refractivity contribution in [1.82, 2.24) is 19.8 Å². The van der Waals surface area contributed by atoms with Crippen molar-refractivity contribution in [3.05, 3.63) is 72.6 Å². The second-order valence-corrected chi connectivity index (χ2v) is 13.9. The molecule has 3 aliphatic heterocycles. The number of nitrogens with one attached hydrogen (secondary N) is 2. The number of carbonyl (C=O) groups excluding carboxylic acids is 1. The summed E-state index contributed by atoms with van der Waals surface area (Å²) in [5.41, 5.74) is 2.54. The minimum absolute atomic E-state index is 0.316.